The molecule has 1 aromatic carbocycles. The molecule has 0 aliphatic carbocycles. The summed E-state index contributed by atoms with van der Waals surface area (Å²) in [6.45, 7) is 3.81. The molecule has 1 aromatic heterocycles. The normalized spacial score (nSPS) is 11.0. The third-order valence-corrected chi connectivity index (χ3v) is 4.82. The molecule has 1 heterocycles. The van der Waals surface area contributed by atoms with E-state index in [1.165, 1.54) is 4.88 Å². The monoisotopic (exact) mass is 404 g/mol. The summed E-state index contributed by atoms with van der Waals surface area (Å²) in [7, 11) is 3.33. The third kappa shape index (κ3) is 7.11. The molecule has 0 unspecified atom stereocenters. The molecule has 0 fully saturated rings. The van der Waals surface area contributed by atoms with Crippen molar-refractivity contribution in [1.82, 2.24) is 16.0 Å². The van der Waals surface area contributed by atoms with Crippen molar-refractivity contribution in [1.29, 1.82) is 0 Å². The van der Waals surface area contributed by atoms with Crippen molar-refractivity contribution < 1.29 is 14.3 Å². The number of nitrogens with zero attached hydrogens (tertiary/aromatic N) is 1. The maximum Gasteiger partial charge on any atom is 0.257 e. The van der Waals surface area contributed by atoms with Crippen LogP contribution in [0.4, 0.5) is 0 Å². The zero-order valence-electron chi connectivity index (χ0n) is 16.6. The quantitative estimate of drug-likeness (QED) is 0.418. The van der Waals surface area contributed by atoms with Crippen molar-refractivity contribution in [3.63, 3.8) is 0 Å². The molecule has 0 bridgehead atoms. The number of likely N-dealkylation sites (N-methyl/N-ethyl adjacent to an activating group) is 1. The summed E-state index contributed by atoms with van der Waals surface area (Å²) in [6.07, 6.45) is 0.962. The molecular formula is C20H28N4O3S. The van der Waals surface area contributed by atoms with Crippen molar-refractivity contribution in [2.45, 2.75) is 19.9 Å². The predicted molar refractivity (Wildman–Crippen MR) is 113 cm³/mol. The number of carbonyl (C=O) groups is 1. The van der Waals surface area contributed by atoms with Gasteiger partial charge in [-0.3, -0.25) is 9.79 Å². The average molecular weight is 405 g/mol. The number of thiophene rings is 1. The zero-order valence-corrected chi connectivity index (χ0v) is 17.4. The molecule has 152 valence electrons. The van der Waals surface area contributed by atoms with Crippen LogP contribution in [0.2, 0.25) is 0 Å². The van der Waals surface area contributed by atoms with Gasteiger partial charge in [-0.2, -0.15) is 0 Å². The van der Waals surface area contributed by atoms with Crippen molar-refractivity contribution in [3.05, 3.63) is 46.2 Å². The Balaban J connectivity index is 1.84. The first-order chi connectivity index (χ1) is 13.7. The van der Waals surface area contributed by atoms with E-state index in [-0.39, 0.29) is 12.5 Å². The Morgan fingerprint density at radius 1 is 1.18 bits per heavy atom. The predicted octanol–water partition coefficient (Wildman–Crippen LogP) is 2.18. The first-order valence-electron chi connectivity index (χ1n) is 9.19. The Morgan fingerprint density at radius 2 is 2.04 bits per heavy atom. The van der Waals surface area contributed by atoms with Gasteiger partial charge in [-0.15, -0.1) is 11.3 Å². The van der Waals surface area contributed by atoms with Crippen molar-refractivity contribution in [3.8, 4) is 11.5 Å². The number of hydrogen-bond donors (Lipinski definition) is 3. The number of benzene rings is 1. The van der Waals surface area contributed by atoms with Gasteiger partial charge in [0.05, 0.1) is 7.11 Å². The van der Waals surface area contributed by atoms with Crippen molar-refractivity contribution in [2.75, 3.05) is 33.9 Å². The number of methoxy groups -OCH3 is 1. The molecular weight excluding hydrogens is 376 g/mol. The van der Waals surface area contributed by atoms with E-state index in [4.69, 9.17) is 9.47 Å². The highest BCUT2D eigenvalue weighted by molar-refractivity contribution is 7.09. The molecule has 0 spiro atoms. The third-order valence-electron chi connectivity index (χ3n) is 3.89. The lowest BCUT2D eigenvalue weighted by atomic mass is 10.2. The Hall–Kier alpha value is -2.74. The average Bonchev–Trinajstić information content (AvgIpc) is 3.23. The number of ether oxygens (including phenoxy) is 2. The van der Waals surface area contributed by atoms with Crippen LogP contribution in [0.3, 0.4) is 0 Å². The first-order valence-corrected chi connectivity index (χ1v) is 10.1. The molecule has 2 rings (SSSR count). The van der Waals surface area contributed by atoms with Crippen LogP contribution >= 0.6 is 11.3 Å². The van der Waals surface area contributed by atoms with Crippen LogP contribution in [0.15, 0.2) is 40.7 Å². The second-order valence-electron chi connectivity index (χ2n) is 5.91. The molecule has 3 N–H and O–H groups in total. The van der Waals surface area contributed by atoms with Gasteiger partial charge >= 0.3 is 0 Å². The Kier molecular flexibility index (Phi) is 9.14. The summed E-state index contributed by atoms with van der Waals surface area (Å²) in [5.74, 6) is 1.71. The van der Waals surface area contributed by atoms with Gasteiger partial charge in [-0.05, 0) is 42.5 Å². The lowest BCUT2D eigenvalue weighted by molar-refractivity contribution is -0.123. The maximum atomic E-state index is 11.5. The topological polar surface area (TPSA) is 84.0 Å². The van der Waals surface area contributed by atoms with E-state index in [2.05, 4.69) is 38.5 Å². The molecule has 28 heavy (non-hydrogen) atoms. The SMILES string of the molecule is CCNC(=O)COc1ccc(CNC(=NC)NCCc2cccs2)cc1OC. The minimum Gasteiger partial charge on any atom is -0.493 e. The van der Waals surface area contributed by atoms with Crippen LogP contribution in [-0.4, -0.2) is 45.7 Å². The van der Waals surface area contributed by atoms with Crippen LogP contribution in [0, 0.1) is 0 Å². The summed E-state index contributed by atoms with van der Waals surface area (Å²) in [6, 6.07) is 9.82. The fourth-order valence-electron chi connectivity index (χ4n) is 2.50. The number of hydrogen-bond acceptors (Lipinski definition) is 5. The molecule has 2 aromatic rings. The van der Waals surface area contributed by atoms with E-state index in [1.807, 2.05) is 25.1 Å². The standard InChI is InChI=1S/C20H28N4O3S/c1-4-22-19(25)14-27-17-8-7-15(12-18(17)26-3)13-24-20(21-2)23-10-9-16-6-5-11-28-16/h5-8,11-12H,4,9-10,13-14H2,1-3H3,(H,22,25)(H2,21,23,24). The zero-order chi connectivity index (χ0) is 20.2. The van der Waals surface area contributed by atoms with Crippen LogP contribution in [0.1, 0.15) is 17.4 Å². The summed E-state index contributed by atoms with van der Waals surface area (Å²) in [5.41, 5.74) is 1.02. The molecule has 7 nitrogen and oxygen atoms in total. The highest BCUT2D eigenvalue weighted by Gasteiger charge is 2.09. The number of aliphatic imine (C=N–C) groups is 1. The molecule has 1 amide bonds. The lowest BCUT2D eigenvalue weighted by Gasteiger charge is -2.14. The Bertz CT molecular complexity index is 763. The highest BCUT2D eigenvalue weighted by Crippen LogP contribution is 2.28. The van der Waals surface area contributed by atoms with E-state index >= 15 is 0 Å². The van der Waals surface area contributed by atoms with Crippen LogP contribution in [0.5, 0.6) is 11.5 Å². The summed E-state index contributed by atoms with van der Waals surface area (Å²) in [5, 5.41) is 11.4. The first kappa shape index (κ1) is 21.6. The minimum atomic E-state index is -0.160. The largest absolute Gasteiger partial charge is 0.493 e. The molecule has 0 saturated carbocycles. The number of nitrogens with one attached hydrogen (secondary N) is 3. The Labute approximate surface area is 170 Å². The van der Waals surface area contributed by atoms with E-state index in [9.17, 15) is 4.79 Å². The summed E-state index contributed by atoms with van der Waals surface area (Å²) >= 11 is 1.76. The van der Waals surface area contributed by atoms with E-state index in [0.717, 1.165) is 24.5 Å². The van der Waals surface area contributed by atoms with E-state index in [0.29, 0.717) is 24.6 Å². The van der Waals surface area contributed by atoms with Gasteiger partial charge < -0.3 is 25.4 Å². The second kappa shape index (κ2) is 11.9. The summed E-state index contributed by atoms with van der Waals surface area (Å²) < 4.78 is 10.9. The van der Waals surface area contributed by atoms with Gasteiger partial charge in [0, 0.05) is 31.6 Å². The van der Waals surface area contributed by atoms with Crippen LogP contribution < -0.4 is 25.4 Å². The number of amides is 1. The molecule has 0 radical (unpaired) electrons. The second-order valence-corrected chi connectivity index (χ2v) is 6.94. The molecule has 8 heteroatoms. The van der Waals surface area contributed by atoms with Gasteiger partial charge in [-0.1, -0.05) is 12.1 Å². The fraction of sp³-hybridized carbons (Fsp3) is 0.400. The number of carbonyl (C=O) groups excluding carboxylic acids is 1. The number of rotatable bonds is 10. The van der Waals surface area contributed by atoms with Gasteiger partial charge in [0.2, 0.25) is 0 Å². The van der Waals surface area contributed by atoms with Crippen molar-refractivity contribution >= 4 is 23.2 Å². The highest BCUT2D eigenvalue weighted by atomic mass is 32.1. The van der Waals surface area contributed by atoms with E-state index < -0.39 is 0 Å². The smallest absolute Gasteiger partial charge is 0.257 e. The fourth-order valence-corrected chi connectivity index (χ4v) is 3.21. The van der Waals surface area contributed by atoms with Gasteiger partial charge in [0.15, 0.2) is 24.1 Å². The Morgan fingerprint density at radius 3 is 2.71 bits per heavy atom. The van der Waals surface area contributed by atoms with Gasteiger partial charge in [0.25, 0.3) is 5.91 Å². The lowest BCUT2D eigenvalue weighted by Crippen LogP contribution is -2.37. The van der Waals surface area contributed by atoms with Gasteiger partial charge in [0.1, 0.15) is 0 Å². The molecule has 0 aliphatic heterocycles. The van der Waals surface area contributed by atoms with Crippen LogP contribution in [0.25, 0.3) is 0 Å². The van der Waals surface area contributed by atoms with Crippen molar-refractivity contribution in [2.24, 2.45) is 4.99 Å². The van der Waals surface area contributed by atoms with Gasteiger partial charge in [-0.25, -0.2) is 0 Å². The maximum absolute atomic E-state index is 11.5. The molecule has 0 saturated heterocycles. The minimum absolute atomic E-state index is 0.0391. The van der Waals surface area contributed by atoms with Crippen LogP contribution in [-0.2, 0) is 17.8 Å². The number of guanidine groups is 1. The molecule has 0 aliphatic rings. The molecule has 0 atom stereocenters. The van der Waals surface area contributed by atoms with E-state index in [1.54, 1.807) is 25.5 Å². The summed E-state index contributed by atoms with van der Waals surface area (Å²) in [4.78, 5) is 17.1.